The van der Waals surface area contributed by atoms with Crippen LogP contribution in [0.4, 0.5) is 0 Å². The quantitative estimate of drug-likeness (QED) is 0.859. The summed E-state index contributed by atoms with van der Waals surface area (Å²) in [5.74, 6) is -0.815. The molecule has 20 heavy (non-hydrogen) atoms. The molecule has 0 atom stereocenters. The summed E-state index contributed by atoms with van der Waals surface area (Å²) in [6.07, 6.45) is 2.95. The lowest BCUT2D eigenvalue weighted by Gasteiger charge is -2.06. The van der Waals surface area contributed by atoms with Crippen LogP contribution in [0.1, 0.15) is 32.1 Å². The number of amides is 2. The Morgan fingerprint density at radius 3 is 2.70 bits per heavy atom. The van der Waals surface area contributed by atoms with Gasteiger partial charge in [-0.1, -0.05) is 12.1 Å². The van der Waals surface area contributed by atoms with Gasteiger partial charge in [0.25, 0.3) is 5.91 Å². The second-order valence-electron chi connectivity index (χ2n) is 4.29. The average Bonchev–Trinajstić information content (AvgIpc) is 2.46. The number of carbonyl (C=O) groups is 2. The summed E-state index contributed by atoms with van der Waals surface area (Å²) in [7, 11) is 0. The maximum Gasteiger partial charge on any atom is 0.271 e. The second-order valence-corrected chi connectivity index (χ2v) is 4.29. The molecule has 1 aromatic carbocycles. The van der Waals surface area contributed by atoms with Crippen molar-refractivity contribution >= 4 is 11.8 Å². The van der Waals surface area contributed by atoms with Gasteiger partial charge in [0, 0.05) is 18.3 Å². The minimum absolute atomic E-state index is 0.252. The van der Waals surface area contributed by atoms with Gasteiger partial charge in [-0.2, -0.15) is 0 Å². The van der Waals surface area contributed by atoms with E-state index in [9.17, 15) is 9.59 Å². The van der Waals surface area contributed by atoms with Crippen molar-refractivity contribution in [2.75, 3.05) is 0 Å². The molecule has 0 aliphatic rings. The van der Waals surface area contributed by atoms with Crippen molar-refractivity contribution in [3.05, 3.63) is 59.2 Å². The molecule has 2 aromatic rings. The van der Waals surface area contributed by atoms with Crippen LogP contribution in [0, 0.1) is 6.92 Å². The fraction of sp³-hybridized carbons (Fsp3) is 0.143. The molecule has 1 aromatic heterocycles. The van der Waals surface area contributed by atoms with Crippen LogP contribution in [0.3, 0.4) is 0 Å². The lowest BCUT2D eigenvalue weighted by Crippen LogP contribution is -2.24. The van der Waals surface area contributed by atoms with E-state index in [1.165, 1.54) is 12.4 Å². The van der Waals surface area contributed by atoms with E-state index < -0.39 is 5.91 Å². The van der Waals surface area contributed by atoms with Gasteiger partial charge in [0.05, 0.1) is 11.9 Å². The first-order chi connectivity index (χ1) is 9.56. The zero-order chi connectivity index (χ0) is 14.5. The van der Waals surface area contributed by atoms with Crippen LogP contribution in [0.25, 0.3) is 0 Å². The summed E-state index contributed by atoms with van der Waals surface area (Å²) in [5, 5.41) is 2.71. The lowest BCUT2D eigenvalue weighted by atomic mass is 10.1. The van der Waals surface area contributed by atoms with E-state index in [0.29, 0.717) is 5.56 Å². The van der Waals surface area contributed by atoms with Crippen LogP contribution < -0.4 is 11.1 Å². The largest absolute Gasteiger partial charge is 0.366 e. The van der Waals surface area contributed by atoms with Crippen LogP contribution in [0.15, 0.2) is 36.7 Å². The van der Waals surface area contributed by atoms with E-state index in [-0.39, 0.29) is 18.1 Å². The molecule has 0 aliphatic carbocycles. The first-order valence-corrected chi connectivity index (χ1v) is 6.02. The number of nitrogens with two attached hydrogens (primary N) is 1. The monoisotopic (exact) mass is 270 g/mol. The molecule has 0 unspecified atom stereocenters. The molecular formula is C14H14N4O2. The Morgan fingerprint density at radius 1 is 1.25 bits per heavy atom. The van der Waals surface area contributed by atoms with E-state index in [2.05, 4.69) is 15.3 Å². The molecule has 1 heterocycles. The van der Waals surface area contributed by atoms with Gasteiger partial charge >= 0.3 is 0 Å². The number of primary amides is 1. The zero-order valence-electron chi connectivity index (χ0n) is 11.0. The predicted octanol–water partition coefficient (Wildman–Crippen LogP) is 0.814. The second kappa shape index (κ2) is 5.92. The Bertz CT molecular complexity index is 638. The van der Waals surface area contributed by atoms with Crippen LogP contribution >= 0.6 is 0 Å². The molecule has 2 amide bonds. The Morgan fingerprint density at radius 2 is 2.05 bits per heavy atom. The Kier molecular flexibility index (Phi) is 4.05. The number of hydrogen-bond acceptors (Lipinski definition) is 4. The third-order valence-corrected chi connectivity index (χ3v) is 2.68. The first kappa shape index (κ1) is 13.7. The predicted molar refractivity (Wildman–Crippen MR) is 72.9 cm³/mol. The van der Waals surface area contributed by atoms with Gasteiger partial charge in [0.15, 0.2) is 0 Å². The molecule has 0 aliphatic heterocycles. The van der Waals surface area contributed by atoms with Crippen LogP contribution in [-0.4, -0.2) is 21.8 Å². The van der Waals surface area contributed by atoms with Gasteiger partial charge in [-0.15, -0.1) is 0 Å². The third kappa shape index (κ3) is 3.38. The molecule has 6 heteroatoms. The van der Waals surface area contributed by atoms with Crippen molar-refractivity contribution in [3.63, 3.8) is 0 Å². The van der Waals surface area contributed by atoms with Crippen molar-refractivity contribution in [3.8, 4) is 0 Å². The van der Waals surface area contributed by atoms with Crippen molar-refractivity contribution in [1.82, 2.24) is 15.3 Å². The van der Waals surface area contributed by atoms with Crippen LogP contribution in [0.2, 0.25) is 0 Å². The topological polar surface area (TPSA) is 98.0 Å². The number of benzene rings is 1. The molecule has 2 rings (SSSR count). The van der Waals surface area contributed by atoms with Gasteiger partial charge in [0.1, 0.15) is 5.69 Å². The normalized spacial score (nSPS) is 10.1. The number of hydrogen-bond donors (Lipinski definition) is 2. The molecule has 0 fully saturated rings. The number of carbonyl (C=O) groups excluding carboxylic acids is 2. The van der Waals surface area contributed by atoms with Gasteiger partial charge in [0.2, 0.25) is 5.91 Å². The number of aromatic nitrogens is 2. The summed E-state index contributed by atoms with van der Waals surface area (Å²) in [5.41, 5.74) is 7.39. The zero-order valence-corrected chi connectivity index (χ0v) is 11.0. The fourth-order valence-electron chi connectivity index (χ4n) is 1.62. The summed E-state index contributed by atoms with van der Waals surface area (Å²) in [6.45, 7) is 2.08. The van der Waals surface area contributed by atoms with E-state index in [4.69, 9.17) is 5.73 Å². The molecule has 0 saturated carbocycles. The Labute approximate surface area is 116 Å². The van der Waals surface area contributed by atoms with Crippen molar-refractivity contribution in [2.24, 2.45) is 5.73 Å². The van der Waals surface area contributed by atoms with E-state index in [0.717, 1.165) is 11.3 Å². The fourth-order valence-corrected chi connectivity index (χ4v) is 1.62. The maximum absolute atomic E-state index is 11.8. The Hall–Kier alpha value is -2.76. The standard InChI is InChI=1S/C14H14N4O2/c1-9-6-17-12(8-16-9)14(20)18-7-10-3-2-4-11(5-10)13(15)19/h2-6,8H,7H2,1H3,(H2,15,19)(H,18,20). The lowest BCUT2D eigenvalue weighted by molar-refractivity contribution is 0.0945. The Balaban J connectivity index is 2.01. The van der Waals surface area contributed by atoms with Gasteiger partial charge in [-0.05, 0) is 24.6 Å². The number of nitrogens with zero attached hydrogens (tertiary/aromatic N) is 2. The minimum Gasteiger partial charge on any atom is -0.366 e. The molecule has 102 valence electrons. The number of rotatable bonds is 4. The van der Waals surface area contributed by atoms with Gasteiger partial charge in [-0.25, -0.2) is 4.98 Å². The number of aryl methyl sites for hydroxylation is 1. The highest BCUT2D eigenvalue weighted by molar-refractivity contribution is 5.93. The van der Waals surface area contributed by atoms with Crippen LogP contribution in [0.5, 0.6) is 0 Å². The average molecular weight is 270 g/mol. The summed E-state index contributed by atoms with van der Waals surface area (Å²) >= 11 is 0. The molecular weight excluding hydrogens is 256 g/mol. The minimum atomic E-state index is -0.498. The van der Waals surface area contributed by atoms with Crippen LogP contribution in [-0.2, 0) is 6.54 Å². The summed E-state index contributed by atoms with van der Waals surface area (Å²) in [6, 6.07) is 6.78. The van der Waals surface area contributed by atoms with Gasteiger partial charge in [-0.3, -0.25) is 14.6 Å². The molecule has 0 bridgehead atoms. The molecule has 0 radical (unpaired) electrons. The highest BCUT2D eigenvalue weighted by atomic mass is 16.2. The SMILES string of the molecule is Cc1cnc(C(=O)NCc2cccc(C(N)=O)c2)cn1. The first-order valence-electron chi connectivity index (χ1n) is 6.02. The van der Waals surface area contributed by atoms with Crippen molar-refractivity contribution in [2.45, 2.75) is 13.5 Å². The molecule has 3 N–H and O–H groups in total. The third-order valence-electron chi connectivity index (χ3n) is 2.68. The highest BCUT2D eigenvalue weighted by Gasteiger charge is 2.07. The number of nitrogens with one attached hydrogen (secondary N) is 1. The van der Waals surface area contributed by atoms with Crippen molar-refractivity contribution in [1.29, 1.82) is 0 Å². The molecule has 0 saturated heterocycles. The van der Waals surface area contributed by atoms with E-state index in [1.807, 2.05) is 0 Å². The van der Waals surface area contributed by atoms with E-state index >= 15 is 0 Å². The summed E-state index contributed by atoms with van der Waals surface area (Å²) < 4.78 is 0. The summed E-state index contributed by atoms with van der Waals surface area (Å²) in [4.78, 5) is 30.9. The maximum atomic E-state index is 11.8. The van der Waals surface area contributed by atoms with E-state index in [1.54, 1.807) is 31.2 Å². The van der Waals surface area contributed by atoms with Gasteiger partial charge < -0.3 is 11.1 Å². The molecule has 6 nitrogen and oxygen atoms in total. The van der Waals surface area contributed by atoms with Crippen molar-refractivity contribution < 1.29 is 9.59 Å². The highest BCUT2D eigenvalue weighted by Crippen LogP contribution is 2.05. The smallest absolute Gasteiger partial charge is 0.271 e. The molecule has 0 spiro atoms.